The highest BCUT2D eigenvalue weighted by Crippen LogP contribution is 2.40. The fraction of sp³-hybridized carbons (Fsp3) is 0.889. The summed E-state index contributed by atoms with van der Waals surface area (Å²) in [7, 11) is -4.32. The Balaban J connectivity index is 4.52. The fourth-order valence-electron chi connectivity index (χ4n) is 1.04. The summed E-state index contributed by atoms with van der Waals surface area (Å²) in [6, 6.07) is 0. The van der Waals surface area contributed by atoms with E-state index in [0.29, 0.717) is 12.5 Å². The van der Waals surface area contributed by atoms with E-state index in [9.17, 15) is 14.4 Å². The molecule has 0 aliphatic rings. The lowest BCUT2D eigenvalue weighted by Crippen LogP contribution is -2.40. The van der Waals surface area contributed by atoms with Crippen LogP contribution in [0.2, 0.25) is 0 Å². The van der Waals surface area contributed by atoms with Gasteiger partial charge in [-0.25, -0.2) is 4.57 Å². The summed E-state index contributed by atoms with van der Waals surface area (Å²) >= 11 is 4.98. The summed E-state index contributed by atoms with van der Waals surface area (Å²) in [6.07, 6.45) is 0. The second-order valence-electron chi connectivity index (χ2n) is 4.57. The summed E-state index contributed by atoms with van der Waals surface area (Å²) in [5.74, 6) is 0.502. The summed E-state index contributed by atoms with van der Waals surface area (Å²) in [6.45, 7) is 8.61. The highest BCUT2D eigenvalue weighted by molar-refractivity contribution is 7.80. The molecule has 7 heteroatoms. The molecule has 0 aromatic carbocycles. The maximum absolute atomic E-state index is 11.2. The van der Waals surface area contributed by atoms with E-state index in [0.717, 1.165) is 4.67 Å². The number of hydrogen-bond acceptors (Lipinski definition) is 2. The van der Waals surface area contributed by atoms with Gasteiger partial charge in [-0.2, -0.15) is 0 Å². The molecule has 0 bridgehead atoms. The molecule has 0 amide bonds. The lowest BCUT2D eigenvalue weighted by Gasteiger charge is -2.28. The predicted molar refractivity (Wildman–Crippen MR) is 69.0 cm³/mol. The van der Waals surface area contributed by atoms with Crippen molar-refractivity contribution in [3.05, 3.63) is 0 Å². The molecule has 0 aromatic heterocycles. The van der Waals surface area contributed by atoms with Crippen LogP contribution in [0.4, 0.5) is 0 Å². The number of hydrogen-bond donors (Lipinski definition) is 3. The Hall–Kier alpha value is -0.160. The van der Waals surface area contributed by atoms with E-state index in [1.807, 2.05) is 27.7 Å². The monoisotopic (exact) mass is 268 g/mol. The Bertz CT molecular complexity index is 278. The molecule has 0 aromatic rings. The van der Waals surface area contributed by atoms with Crippen LogP contribution in [-0.2, 0) is 4.57 Å². The van der Waals surface area contributed by atoms with Gasteiger partial charge in [-0.1, -0.05) is 27.7 Å². The zero-order chi connectivity index (χ0) is 12.9. The smallest absolute Gasteiger partial charge is 0.362 e. The third-order valence-electron chi connectivity index (χ3n) is 1.75. The van der Waals surface area contributed by atoms with Crippen LogP contribution in [0, 0.1) is 11.8 Å². The minimum Gasteiger partial charge on any atom is -0.362 e. The van der Waals surface area contributed by atoms with E-state index in [2.05, 4.69) is 5.32 Å². The molecule has 0 aliphatic carbocycles. The van der Waals surface area contributed by atoms with Crippen molar-refractivity contribution in [3.63, 3.8) is 0 Å². The third-order valence-corrected chi connectivity index (χ3v) is 3.24. The Morgan fingerprint density at radius 1 is 1.31 bits per heavy atom. The molecule has 0 rings (SSSR count). The molecule has 0 saturated heterocycles. The molecular weight excluding hydrogens is 247 g/mol. The van der Waals surface area contributed by atoms with Gasteiger partial charge < -0.3 is 15.1 Å². The summed E-state index contributed by atoms with van der Waals surface area (Å²) in [5.41, 5.74) is 0. The van der Waals surface area contributed by atoms with E-state index in [4.69, 9.17) is 12.2 Å². The largest absolute Gasteiger partial charge is 0.431 e. The topological polar surface area (TPSA) is 72.8 Å². The van der Waals surface area contributed by atoms with Crippen molar-refractivity contribution >= 4 is 25.1 Å². The summed E-state index contributed by atoms with van der Waals surface area (Å²) < 4.78 is 12.2. The highest BCUT2D eigenvalue weighted by atomic mass is 32.1. The average Bonchev–Trinajstić information content (AvgIpc) is 2.08. The van der Waals surface area contributed by atoms with Crippen molar-refractivity contribution in [2.45, 2.75) is 27.7 Å². The molecule has 5 nitrogen and oxygen atoms in total. The summed E-state index contributed by atoms with van der Waals surface area (Å²) in [4.78, 5) is 18.3. The van der Waals surface area contributed by atoms with Gasteiger partial charge in [-0.05, 0) is 24.1 Å². The van der Waals surface area contributed by atoms with Crippen molar-refractivity contribution in [3.8, 4) is 0 Å². The zero-order valence-corrected chi connectivity index (χ0v) is 11.9. The molecule has 0 atom stereocenters. The maximum Gasteiger partial charge on any atom is 0.431 e. The SMILES string of the molecule is CC(C)CNC(=S)N(CC(C)C)P(=O)(O)O. The molecule has 16 heavy (non-hydrogen) atoms. The molecule has 0 heterocycles. The molecule has 0 spiro atoms. The van der Waals surface area contributed by atoms with Crippen LogP contribution in [0.15, 0.2) is 0 Å². The number of thiocarbonyl (C=S) groups is 1. The van der Waals surface area contributed by atoms with Gasteiger partial charge in [0.25, 0.3) is 0 Å². The Labute approximate surface area is 102 Å². The zero-order valence-electron chi connectivity index (χ0n) is 10.2. The Morgan fingerprint density at radius 2 is 1.81 bits per heavy atom. The van der Waals surface area contributed by atoms with Crippen LogP contribution in [0.1, 0.15) is 27.7 Å². The van der Waals surface area contributed by atoms with Crippen LogP contribution in [0.5, 0.6) is 0 Å². The molecule has 3 N–H and O–H groups in total. The first kappa shape index (κ1) is 15.8. The van der Waals surface area contributed by atoms with Gasteiger partial charge in [-0.15, -0.1) is 0 Å². The van der Waals surface area contributed by atoms with E-state index in [1.165, 1.54) is 0 Å². The molecule has 96 valence electrons. The lowest BCUT2D eigenvalue weighted by molar-refractivity contribution is 0.303. The lowest BCUT2D eigenvalue weighted by atomic mass is 10.2. The molecule has 0 unspecified atom stereocenters. The minimum atomic E-state index is -4.32. The Morgan fingerprint density at radius 3 is 2.12 bits per heavy atom. The average molecular weight is 268 g/mol. The van der Waals surface area contributed by atoms with E-state index in [1.54, 1.807) is 0 Å². The van der Waals surface area contributed by atoms with Gasteiger partial charge in [0.2, 0.25) is 0 Å². The van der Waals surface area contributed by atoms with Crippen molar-refractivity contribution in [2.24, 2.45) is 11.8 Å². The first-order valence-electron chi connectivity index (χ1n) is 5.26. The van der Waals surface area contributed by atoms with Crippen LogP contribution >= 0.6 is 20.0 Å². The molecule has 0 fully saturated rings. The first-order valence-corrected chi connectivity index (χ1v) is 7.23. The molecule has 0 aliphatic heterocycles. The first-order chi connectivity index (χ1) is 7.14. The van der Waals surface area contributed by atoms with Crippen molar-refractivity contribution in [1.29, 1.82) is 0 Å². The van der Waals surface area contributed by atoms with Gasteiger partial charge in [0.1, 0.15) is 0 Å². The van der Waals surface area contributed by atoms with Gasteiger partial charge in [0.05, 0.1) is 0 Å². The second kappa shape index (κ2) is 6.55. The van der Waals surface area contributed by atoms with Gasteiger partial charge in [0, 0.05) is 13.1 Å². The van der Waals surface area contributed by atoms with Crippen molar-refractivity contribution in [2.75, 3.05) is 13.1 Å². The summed E-state index contributed by atoms with van der Waals surface area (Å²) in [5, 5.41) is 2.98. The minimum absolute atomic E-state index is 0.121. The molecule has 0 radical (unpaired) electrons. The number of nitrogens with zero attached hydrogens (tertiary/aromatic N) is 1. The van der Waals surface area contributed by atoms with E-state index >= 15 is 0 Å². The van der Waals surface area contributed by atoms with Crippen LogP contribution in [0.25, 0.3) is 0 Å². The normalized spacial score (nSPS) is 12.0. The standard InChI is InChI=1S/C9H21N2O3PS/c1-7(2)5-10-9(16)11(6-8(3)4)15(12,13)14/h7-8H,5-6H2,1-4H3,(H,10,16)(H2,12,13,14). The van der Waals surface area contributed by atoms with Gasteiger partial charge in [-0.3, -0.25) is 4.67 Å². The van der Waals surface area contributed by atoms with Crippen molar-refractivity contribution in [1.82, 2.24) is 9.99 Å². The predicted octanol–water partition coefficient (Wildman–Crippen LogP) is 1.57. The van der Waals surface area contributed by atoms with Gasteiger partial charge in [0.15, 0.2) is 5.11 Å². The van der Waals surface area contributed by atoms with E-state index in [-0.39, 0.29) is 17.6 Å². The molecular formula is C9H21N2O3PS. The maximum atomic E-state index is 11.2. The van der Waals surface area contributed by atoms with Gasteiger partial charge >= 0.3 is 7.75 Å². The van der Waals surface area contributed by atoms with Crippen molar-refractivity contribution < 1.29 is 14.4 Å². The van der Waals surface area contributed by atoms with Crippen LogP contribution in [-0.4, -0.2) is 32.7 Å². The highest BCUT2D eigenvalue weighted by Gasteiger charge is 2.28. The number of rotatable bonds is 5. The Kier molecular flexibility index (Phi) is 6.48. The number of nitrogens with one attached hydrogen (secondary N) is 1. The quantitative estimate of drug-likeness (QED) is 0.519. The second-order valence-corrected chi connectivity index (χ2v) is 6.47. The van der Waals surface area contributed by atoms with Crippen LogP contribution in [0.3, 0.4) is 0 Å². The van der Waals surface area contributed by atoms with E-state index < -0.39 is 7.75 Å². The van der Waals surface area contributed by atoms with Crippen LogP contribution < -0.4 is 5.32 Å². The third kappa shape index (κ3) is 6.43. The fourth-order valence-corrected chi connectivity index (χ4v) is 2.36. The molecule has 0 saturated carbocycles.